The molecular weight excluding hydrogens is 193 g/mol. The number of halogens is 3. The molecule has 0 saturated heterocycles. The van der Waals surface area contributed by atoms with Crippen LogP contribution in [0.25, 0.3) is 0 Å². The molecule has 84 valence electrons. The first-order chi connectivity index (χ1) is 6.26. The zero-order valence-electron chi connectivity index (χ0n) is 8.56. The van der Waals surface area contributed by atoms with Crippen molar-refractivity contribution in [1.29, 1.82) is 0 Å². The number of hydrogen-bond donors (Lipinski definition) is 1. The van der Waals surface area contributed by atoms with E-state index in [4.69, 9.17) is 0 Å². The van der Waals surface area contributed by atoms with Gasteiger partial charge in [-0.05, 0) is 31.6 Å². The predicted molar refractivity (Wildman–Crippen MR) is 47.8 cm³/mol. The Labute approximate surface area is 82.3 Å². The van der Waals surface area contributed by atoms with Crippen LogP contribution in [0, 0.1) is 11.8 Å². The highest BCUT2D eigenvalue weighted by Crippen LogP contribution is 2.44. The lowest BCUT2D eigenvalue weighted by Gasteiger charge is -2.40. The molecule has 0 heterocycles. The van der Waals surface area contributed by atoms with Crippen LogP contribution < -0.4 is 0 Å². The average Bonchev–Trinajstić information content (AvgIpc) is 2.02. The molecule has 1 fully saturated rings. The topological polar surface area (TPSA) is 20.2 Å². The van der Waals surface area contributed by atoms with E-state index in [1.165, 1.54) is 0 Å². The summed E-state index contributed by atoms with van der Waals surface area (Å²) in [4.78, 5) is 0. The largest absolute Gasteiger partial charge is 0.391 e. The minimum absolute atomic E-state index is 0.104. The van der Waals surface area contributed by atoms with Crippen molar-refractivity contribution in [1.82, 2.24) is 0 Å². The minimum Gasteiger partial charge on any atom is -0.390 e. The Balaban J connectivity index is 2.69. The van der Waals surface area contributed by atoms with Crippen LogP contribution in [0.1, 0.15) is 39.5 Å². The van der Waals surface area contributed by atoms with Crippen molar-refractivity contribution in [2.45, 2.75) is 51.3 Å². The summed E-state index contributed by atoms with van der Waals surface area (Å²) in [6.07, 6.45) is -3.15. The van der Waals surface area contributed by atoms with Crippen molar-refractivity contribution < 1.29 is 18.3 Å². The first-order valence-corrected chi connectivity index (χ1v) is 5.05. The first-order valence-electron chi connectivity index (χ1n) is 5.05. The summed E-state index contributed by atoms with van der Waals surface area (Å²) in [7, 11) is 0. The number of hydrogen-bond acceptors (Lipinski definition) is 1. The standard InChI is InChI=1S/C10H17F3O/c1-7(2)9(14)5-3-4-8(6-9)10(11,12)13/h7-8,14H,3-6H2,1-2H3/t8-,9-/m0/s1. The molecule has 4 heteroatoms. The summed E-state index contributed by atoms with van der Waals surface area (Å²) < 4.78 is 37.3. The van der Waals surface area contributed by atoms with E-state index in [9.17, 15) is 18.3 Å². The van der Waals surface area contributed by atoms with Crippen LogP contribution >= 0.6 is 0 Å². The average molecular weight is 210 g/mol. The van der Waals surface area contributed by atoms with Crippen LogP contribution in [-0.4, -0.2) is 16.9 Å². The minimum atomic E-state index is -4.15. The first kappa shape index (κ1) is 11.8. The number of alkyl halides is 3. The maximum atomic E-state index is 12.4. The summed E-state index contributed by atoms with van der Waals surface area (Å²) >= 11 is 0. The highest BCUT2D eigenvalue weighted by molar-refractivity contribution is 4.90. The summed E-state index contributed by atoms with van der Waals surface area (Å²) in [5.41, 5.74) is -1.11. The lowest BCUT2D eigenvalue weighted by Crippen LogP contribution is -2.43. The third-order valence-electron chi connectivity index (χ3n) is 3.30. The maximum Gasteiger partial charge on any atom is 0.391 e. The van der Waals surface area contributed by atoms with E-state index in [1.807, 2.05) is 0 Å². The van der Waals surface area contributed by atoms with E-state index in [0.29, 0.717) is 12.8 Å². The van der Waals surface area contributed by atoms with Crippen LogP contribution in [0.2, 0.25) is 0 Å². The normalized spacial score (nSPS) is 34.9. The molecule has 0 aromatic carbocycles. The van der Waals surface area contributed by atoms with Gasteiger partial charge in [0.1, 0.15) is 0 Å². The van der Waals surface area contributed by atoms with Crippen molar-refractivity contribution >= 4 is 0 Å². The van der Waals surface area contributed by atoms with Gasteiger partial charge in [0.05, 0.1) is 11.5 Å². The Morgan fingerprint density at radius 2 is 1.93 bits per heavy atom. The maximum absolute atomic E-state index is 12.4. The number of aliphatic hydroxyl groups is 1. The van der Waals surface area contributed by atoms with Gasteiger partial charge in [0.15, 0.2) is 0 Å². The molecule has 14 heavy (non-hydrogen) atoms. The molecule has 0 aliphatic heterocycles. The Hall–Kier alpha value is -0.250. The molecule has 0 bridgehead atoms. The van der Waals surface area contributed by atoms with E-state index in [2.05, 4.69) is 0 Å². The highest BCUT2D eigenvalue weighted by Gasteiger charge is 2.47. The third-order valence-corrected chi connectivity index (χ3v) is 3.30. The Morgan fingerprint density at radius 1 is 1.36 bits per heavy atom. The van der Waals surface area contributed by atoms with E-state index in [-0.39, 0.29) is 18.8 Å². The fourth-order valence-corrected chi connectivity index (χ4v) is 2.09. The molecule has 1 nitrogen and oxygen atoms in total. The molecule has 2 atom stereocenters. The van der Waals surface area contributed by atoms with Gasteiger partial charge in [-0.1, -0.05) is 13.8 Å². The van der Waals surface area contributed by atoms with Gasteiger partial charge in [-0.2, -0.15) is 13.2 Å². The van der Waals surface area contributed by atoms with Gasteiger partial charge in [0.25, 0.3) is 0 Å². The van der Waals surface area contributed by atoms with Crippen LogP contribution in [0.4, 0.5) is 13.2 Å². The van der Waals surface area contributed by atoms with Crippen LogP contribution in [0.3, 0.4) is 0 Å². The molecule has 1 rings (SSSR count). The molecule has 0 spiro atoms. The molecule has 0 amide bonds. The van der Waals surface area contributed by atoms with Crippen LogP contribution in [-0.2, 0) is 0 Å². The van der Waals surface area contributed by atoms with Crippen LogP contribution in [0.15, 0.2) is 0 Å². The van der Waals surface area contributed by atoms with E-state index in [0.717, 1.165) is 0 Å². The molecule has 0 aromatic rings. The molecule has 0 radical (unpaired) electrons. The van der Waals surface area contributed by atoms with Crippen molar-refractivity contribution in [3.63, 3.8) is 0 Å². The lowest BCUT2D eigenvalue weighted by molar-refractivity contribution is -0.205. The zero-order chi connectivity index (χ0) is 11.0. The van der Waals surface area contributed by atoms with Gasteiger partial charge in [-0.15, -0.1) is 0 Å². The molecule has 1 N–H and O–H groups in total. The lowest BCUT2D eigenvalue weighted by atomic mass is 9.72. The molecule has 0 unspecified atom stereocenters. The fraction of sp³-hybridized carbons (Fsp3) is 1.00. The Kier molecular flexibility index (Phi) is 3.14. The van der Waals surface area contributed by atoms with Gasteiger partial charge in [-0.25, -0.2) is 0 Å². The summed E-state index contributed by atoms with van der Waals surface area (Å²) in [6.45, 7) is 3.55. The molecule has 1 aliphatic carbocycles. The highest BCUT2D eigenvalue weighted by atomic mass is 19.4. The monoisotopic (exact) mass is 210 g/mol. The summed E-state index contributed by atoms with van der Waals surface area (Å²) in [5.74, 6) is -1.42. The van der Waals surface area contributed by atoms with Crippen molar-refractivity contribution in [3.05, 3.63) is 0 Å². The van der Waals surface area contributed by atoms with E-state index < -0.39 is 17.7 Å². The second-order valence-corrected chi connectivity index (χ2v) is 4.59. The molecule has 1 aliphatic rings. The SMILES string of the molecule is CC(C)[C@]1(O)CCC[C@H](C(F)(F)F)C1. The second-order valence-electron chi connectivity index (χ2n) is 4.59. The van der Waals surface area contributed by atoms with Crippen molar-refractivity contribution in [2.24, 2.45) is 11.8 Å². The van der Waals surface area contributed by atoms with Crippen molar-refractivity contribution in [2.75, 3.05) is 0 Å². The third kappa shape index (κ3) is 2.41. The van der Waals surface area contributed by atoms with Crippen molar-refractivity contribution in [3.8, 4) is 0 Å². The zero-order valence-corrected chi connectivity index (χ0v) is 8.56. The van der Waals surface area contributed by atoms with E-state index >= 15 is 0 Å². The predicted octanol–water partition coefficient (Wildman–Crippen LogP) is 3.13. The molecule has 0 aromatic heterocycles. The summed E-state index contributed by atoms with van der Waals surface area (Å²) in [6, 6.07) is 0. The summed E-state index contributed by atoms with van der Waals surface area (Å²) in [5, 5.41) is 9.98. The molecular formula is C10H17F3O. The quantitative estimate of drug-likeness (QED) is 0.705. The fourth-order valence-electron chi connectivity index (χ4n) is 2.09. The molecule has 1 saturated carbocycles. The van der Waals surface area contributed by atoms with Gasteiger partial charge in [-0.3, -0.25) is 0 Å². The van der Waals surface area contributed by atoms with Gasteiger partial charge in [0, 0.05) is 0 Å². The Morgan fingerprint density at radius 3 is 2.36 bits per heavy atom. The van der Waals surface area contributed by atoms with Gasteiger partial charge < -0.3 is 5.11 Å². The smallest absolute Gasteiger partial charge is 0.390 e. The number of rotatable bonds is 1. The van der Waals surface area contributed by atoms with E-state index in [1.54, 1.807) is 13.8 Å². The van der Waals surface area contributed by atoms with Gasteiger partial charge in [0.2, 0.25) is 0 Å². The Bertz CT molecular complexity index is 200. The second kappa shape index (κ2) is 3.72. The van der Waals surface area contributed by atoms with Crippen LogP contribution in [0.5, 0.6) is 0 Å². The van der Waals surface area contributed by atoms with Gasteiger partial charge >= 0.3 is 6.18 Å².